The van der Waals surface area contributed by atoms with Crippen LogP contribution in [-0.2, 0) is 6.42 Å². The van der Waals surface area contributed by atoms with Crippen LogP contribution in [0, 0.1) is 5.92 Å². The van der Waals surface area contributed by atoms with Crippen molar-refractivity contribution < 1.29 is 4.74 Å². The Bertz CT molecular complexity index is 766. The predicted octanol–water partition coefficient (Wildman–Crippen LogP) is 2.68. The minimum absolute atomic E-state index is 0.191. The normalized spacial score (nSPS) is 16.8. The summed E-state index contributed by atoms with van der Waals surface area (Å²) in [4.78, 5) is 0. The first-order chi connectivity index (χ1) is 11.8. The van der Waals surface area contributed by atoms with Gasteiger partial charge in [-0.05, 0) is 29.8 Å². The van der Waals surface area contributed by atoms with Crippen molar-refractivity contribution in [3.05, 3.63) is 60.2 Å². The van der Waals surface area contributed by atoms with Gasteiger partial charge < -0.3 is 10.5 Å². The topological polar surface area (TPSA) is 84.4 Å². The van der Waals surface area contributed by atoms with E-state index in [4.69, 9.17) is 10.5 Å². The van der Waals surface area contributed by atoms with E-state index in [-0.39, 0.29) is 5.92 Å². The van der Waals surface area contributed by atoms with E-state index >= 15 is 0 Å². The van der Waals surface area contributed by atoms with E-state index in [0.717, 1.165) is 22.7 Å². The molecule has 2 aromatic carbocycles. The highest BCUT2D eigenvalue weighted by atomic mass is 16.5. The van der Waals surface area contributed by atoms with Gasteiger partial charge in [-0.1, -0.05) is 30.3 Å². The summed E-state index contributed by atoms with van der Waals surface area (Å²) in [5, 5.41) is 12.4. The second kappa shape index (κ2) is 7.41. The first-order valence-electron chi connectivity index (χ1n) is 7.63. The molecule has 1 unspecified atom stereocenters. The number of amidine groups is 1. The summed E-state index contributed by atoms with van der Waals surface area (Å²) >= 11 is 0. The highest BCUT2D eigenvalue weighted by Crippen LogP contribution is 2.16. The summed E-state index contributed by atoms with van der Waals surface area (Å²) in [6, 6.07) is 17.6. The lowest BCUT2D eigenvalue weighted by Gasteiger charge is -2.09. The van der Waals surface area contributed by atoms with Crippen LogP contribution >= 0.6 is 0 Å². The van der Waals surface area contributed by atoms with E-state index in [1.165, 1.54) is 0 Å². The Hall–Kier alpha value is -3.15. The van der Waals surface area contributed by atoms with Crippen molar-refractivity contribution in [1.29, 1.82) is 0 Å². The van der Waals surface area contributed by atoms with Gasteiger partial charge in [0, 0.05) is 12.6 Å². The monoisotopic (exact) mass is 321 g/mol. The largest absolute Gasteiger partial charge is 0.497 e. The van der Waals surface area contributed by atoms with Gasteiger partial charge in [-0.2, -0.15) is 10.2 Å². The van der Waals surface area contributed by atoms with Gasteiger partial charge in [0.15, 0.2) is 0 Å². The van der Waals surface area contributed by atoms with Gasteiger partial charge >= 0.3 is 0 Å². The molecule has 3 rings (SSSR count). The van der Waals surface area contributed by atoms with Crippen LogP contribution < -0.4 is 15.9 Å². The van der Waals surface area contributed by atoms with Crippen molar-refractivity contribution in [3.8, 4) is 5.75 Å². The van der Waals surface area contributed by atoms with Crippen LogP contribution in [-0.4, -0.2) is 24.9 Å². The molecule has 6 heteroatoms. The minimum atomic E-state index is -0.191. The quantitative estimate of drug-likeness (QED) is 0.633. The zero-order valence-corrected chi connectivity index (χ0v) is 13.4. The van der Waals surface area contributed by atoms with E-state index in [1.54, 1.807) is 13.3 Å². The Labute approximate surface area is 140 Å². The van der Waals surface area contributed by atoms with Crippen molar-refractivity contribution in [1.82, 2.24) is 0 Å². The average molecular weight is 321 g/mol. The predicted molar refractivity (Wildman–Crippen MR) is 97.8 cm³/mol. The maximum absolute atomic E-state index is 5.94. The molecule has 24 heavy (non-hydrogen) atoms. The van der Waals surface area contributed by atoms with Crippen molar-refractivity contribution in [2.75, 3.05) is 12.5 Å². The number of nitrogens with one attached hydrogen (secondary N) is 1. The maximum Gasteiger partial charge on any atom is 0.136 e. The number of hydrogen-bond acceptors (Lipinski definition) is 6. The van der Waals surface area contributed by atoms with Gasteiger partial charge in [0.05, 0.1) is 24.4 Å². The van der Waals surface area contributed by atoms with Crippen LogP contribution in [0.5, 0.6) is 5.75 Å². The number of hydrazone groups is 1. The minimum Gasteiger partial charge on any atom is -0.497 e. The van der Waals surface area contributed by atoms with Crippen LogP contribution in [0.2, 0.25) is 0 Å². The fraction of sp³-hybridized carbons (Fsp3) is 0.167. The Kier molecular flexibility index (Phi) is 4.86. The van der Waals surface area contributed by atoms with Crippen LogP contribution in [0.4, 0.5) is 5.69 Å². The zero-order chi connectivity index (χ0) is 16.8. The summed E-state index contributed by atoms with van der Waals surface area (Å²) in [5.41, 5.74) is 11.8. The smallest absolute Gasteiger partial charge is 0.136 e. The Morgan fingerprint density at radius 2 is 1.88 bits per heavy atom. The molecule has 0 bridgehead atoms. The molecule has 0 radical (unpaired) electrons. The van der Waals surface area contributed by atoms with Crippen LogP contribution in [0.15, 0.2) is 69.9 Å². The Balaban J connectivity index is 1.65. The molecular formula is C18H19N5O. The van der Waals surface area contributed by atoms with Gasteiger partial charge in [-0.15, -0.1) is 5.10 Å². The molecule has 0 saturated heterocycles. The lowest BCUT2D eigenvalue weighted by molar-refractivity contribution is 0.414. The van der Waals surface area contributed by atoms with Crippen molar-refractivity contribution in [3.63, 3.8) is 0 Å². The maximum atomic E-state index is 5.94. The van der Waals surface area contributed by atoms with Crippen LogP contribution in [0.3, 0.4) is 0 Å². The van der Waals surface area contributed by atoms with Gasteiger partial charge in [-0.25, -0.2) is 0 Å². The second-order valence-corrected chi connectivity index (χ2v) is 5.37. The third-order valence-electron chi connectivity index (χ3n) is 3.71. The highest BCUT2D eigenvalue weighted by molar-refractivity contribution is 6.19. The lowest BCUT2D eigenvalue weighted by atomic mass is 9.97. The Morgan fingerprint density at radius 1 is 1.12 bits per heavy atom. The number of nitrogens with two attached hydrogens (primary N) is 1. The summed E-state index contributed by atoms with van der Waals surface area (Å²) < 4.78 is 5.17. The number of anilines is 1. The summed E-state index contributed by atoms with van der Waals surface area (Å²) in [5.74, 6) is 1.09. The number of para-hydroxylation sites is 1. The van der Waals surface area contributed by atoms with E-state index in [9.17, 15) is 0 Å². The SMILES string of the molecule is COc1ccc(CC2=NN=C(N)C2/C=N/Nc2ccccc2)cc1. The third kappa shape index (κ3) is 3.78. The Morgan fingerprint density at radius 3 is 2.58 bits per heavy atom. The number of hydrogen-bond donors (Lipinski definition) is 2. The standard InChI is InChI=1S/C18H19N5O/c1-24-15-9-7-13(8-10-15)11-17-16(18(19)23-22-17)12-20-21-14-5-3-2-4-6-14/h2-10,12,16,21H,11H2,1H3,(H2,19,23)/b20-12+. The molecular weight excluding hydrogens is 302 g/mol. The van der Waals surface area contributed by atoms with Crippen molar-refractivity contribution in [2.24, 2.45) is 27.0 Å². The molecule has 2 aromatic rings. The average Bonchev–Trinajstić information content (AvgIpc) is 2.97. The second-order valence-electron chi connectivity index (χ2n) is 5.37. The molecule has 1 aliphatic rings. The van der Waals surface area contributed by atoms with E-state index in [1.807, 2.05) is 54.6 Å². The molecule has 1 heterocycles. The molecule has 0 aromatic heterocycles. The molecule has 6 nitrogen and oxygen atoms in total. The molecule has 1 atom stereocenters. The van der Waals surface area contributed by atoms with Crippen molar-refractivity contribution >= 4 is 23.4 Å². The van der Waals surface area contributed by atoms with Gasteiger partial charge in [-0.3, -0.25) is 5.43 Å². The number of methoxy groups -OCH3 is 1. The van der Waals surface area contributed by atoms with Crippen molar-refractivity contribution in [2.45, 2.75) is 6.42 Å². The summed E-state index contributed by atoms with van der Waals surface area (Å²) in [7, 11) is 1.65. The fourth-order valence-corrected chi connectivity index (χ4v) is 2.38. The first-order valence-corrected chi connectivity index (χ1v) is 7.63. The molecule has 0 saturated carbocycles. The van der Waals surface area contributed by atoms with E-state index in [0.29, 0.717) is 12.3 Å². The zero-order valence-electron chi connectivity index (χ0n) is 13.4. The molecule has 122 valence electrons. The first kappa shape index (κ1) is 15.7. The number of ether oxygens (including phenoxy) is 1. The van der Waals surface area contributed by atoms with E-state index < -0.39 is 0 Å². The summed E-state index contributed by atoms with van der Waals surface area (Å²) in [6.45, 7) is 0. The van der Waals surface area contributed by atoms with Crippen LogP contribution in [0.25, 0.3) is 0 Å². The summed E-state index contributed by atoms with van der Waals surface area (Å²) in [6.07, 6.45) is 2.40. The lowest BCUT2D eigenvalue weighted by Crippen LogP contribution is -2.29. The van der Waals surface area contributed by atoms with E-state index in [2.05, 4.69) is 20.7 Å². The number of rotatable bonds is 6. The molecule has 3 N–H and O–H groups in total. The van der Waals surface area contributed by atoms with Gasteiger partial charge in [0.2, 0.25) is 0 Å². The molecule has 0 amide bonds. The third-order valence-corrected chi connectivity index (χ3v) is 3.71. The van der Waals surface area contributed by atoms with Crippen LogP contribution in [0.1, 0.15) is 5.56 Å². The number of benzene rings is 2. The van der Waals surface area contributed by atoms with Gasteiger partial charge in [0.1, 0.15) is 11.6 Å². The van der Waals surface area contributed by atoms with Gasteiger partial charge in [0.25, 0.3) is 0 Å². The highest BCUT2D eigenvalue weighted by Gasteiger charge is 2.23. The molecule has 0 spiro atoms. The molecule has 1 aliphatic heterocycles. The number of nitrogens with zero attached hydrogens (tertiary/aromatic N) is 3. The molecule has 0 fully saturated rings. The molecule has 0 aliphatic carbocycles. The fourth-order valence-electron chi connectivity index (χ4n) is 2.38.